The zero-order chi connectivity index (χ0) is 19.0. The Hall–Kier alpha value is -2.15. The molecule has 4 rings (SSSR count). The number of ether oxygens (including phenoxy) is 1. The molecule has 3 fully saturated rings. The van der Waals surface area contributed by atoms with Gasteiger partial charge in [0.1, 0.15) is 5.75 Å². The molecular formula is C20H27N3O4. The summed E-state index contributed by atoms with van der Waals surface area (Å²) >= 11 is 0. The predicted molar refractivity (Wildman–Crippen MR) is 98.1 cm³/mol. The van der Waals surface area contributed by atoms with E-state index in [1.165, 1.54) is 31.3 Å². The number of hydrogen-bond donors (Lipinski definition) is 2. The van der Waals surface area contributed by atoms with Gasteiger partial charge in [-0.25, -0.2) is 0 Å². The SMILES string of the molecule is CC(=O)N[C@@H]1C[C@@H]2CN(C(=O)c3cncc(O)c3)C[C@@H]2C[C@H]1OCC1CC1. The van der Waals surface area contributed by atoms with Crippen molar-refractivity contribution in [3.8, 4) is 5.75 Å². The number of aromatic nitrogens is 1. The maximum Gasteiger partial charge on any atom is 0.255 e. The van der Waals surface area contributed by atoms with Crippen LogP contribution in [0, 0.1) is 17.8 Å². The van der Waals surface area contributed by atoms with Crippen molar-refractivity contribution in [1.82, 2.24) is 15.2 Å². The van der Waals surface area contributed by atoms with Gasteiger partial charge in [-0.1, -0.05) is 0 Å². The van der Waals surface area contributed by atoms with Gasteiger partial charge < -0.3 is 20.1 Å². The highest BCUT2D eigenvalue weighted by Crippen LogP contribution is 2.39. The van der Waals surface area contributed by atoms with Gasteiger partial charge in [-0.15, -0.1) is 0 Å². The second-order valence-corrected chi connectivity index (χ2v) is 8.26. The van der Waals surface area contributed by atoms with Crippen LogP contribution in [0.1, 0.15) is 43.0 Å². The van der Waals surface area contributed by atoms with E-state index >= 15 is 0 Å². The third-order valence-corrected chi connectivity index (χ3v) is 6.01. The number of likely N-dealkylation sites (tertiary alicyclic amines) is 1. The molecule has 146 valence electrons. The molecule has 0 radical (unpaired) electrons. The highest BCUT2D eigenvalue weighted by atomic mass is 16.5. The minimum atomic E-state index is -0.0978. The van der Waals surface area contributed by atoms with Crippen molar-refractivity contribution in [3.63, 3.8) is 0 Å². The van der Waals surface area contributed by atoms with E-state index in [1.807, 2.05) is 4.90 Å². The number of rotatable bonds is 5. The van der Waals surface area contributed by atoms with E-state index in [0.717, 1.165) is 19.4 Å². The van der Waals surface area contributed by atoms with Crippen molar-refractivity contribution in [2.45, 2.75) is 44.8 Å². The molecular weight excluding hydrogens is 346 g/mol. The Kier molecular flexibility index (Phi) is 5.04. The molecule has 2 N–H and O–H groups in total. The number of aromatic hydroxyl groups is 1. The lowest BCUT2D eigenvalue weighted by Crippen LogP contribution is -2.50. The van der Waals surface area contributed by atoms with Gasteiger partial charge in [0.15, 0.2) is 0 Å². The van der Waals surface area contributed by atoms with Crippen LogP contribution in [-0.2, 0) is 9.53 Å². The van der Waals surface area contributed by atoms with Crippen LogP contribution >= 0.6 is 0 Å². The number of carbonyl (C=O) groups excluding carboxylic acids is 2. The van der Waals surface area contributed by atoms with Crippen LogP contribution in [0.4, 0.5) is 0 Å². The monoisotopic (exact) mass is 373 g/mol. The largest absolute Gasteiger partial charge is 0.506 e. The molecule has 0 bridgehead atoms. The van der Waals surface area contributed by atoms with Crippen molar-refractivity contribution < 1.29 is 19.4 Å². The van der Waals surface area contributed by atoms with E-state index in [1.54, 1.807) is 6.92 Å². The molecule has 2 amide bonds. The molecule has 1 aromatic rings. The fourth-order valence-corrected chi connectivity index (χ4v) is 4.45. The summed E-state index contributed by atoms with van der Waals surface area (Å²) in [4.78, 5) is 30.2. The Morgan fingerprint density at radius 1 is 1.26 bits per heavy atom. The minimum Gasteiger partial charge on any atom is -0.506 e. The first kappa shape index (κ1) is 18.2. The van der Waals surface area contributed by atoms with E-state index in [9.17, 15) is 14.7 Å². The molecule has 7 heteroatoms. The first-order chi connectivity index (χ1) is 13.0. The summed E-state index contributed by atoms with van der Waals surface area (Å²) in [5, 5.41) is 12.6. The van der Waals surface area contributed by atoms with E-state index < -0.39 is 0 Å². The summed E-state index contributed by atoms with van der Waals surface area (Å²) in [6.45, 7) is 3.68. The zero-order valence-electron chi connectivity index (χ0n) is 15.6. The van der Waals surface area contributed by atoms with Gasteiger partial charge in [-0.05, 0) is 49.5 Å². The van der Waals surface area contributed by atoms with Crippen LogP contribution in [0.25, 0.3) is 0 Å². The smallest absolute Gasteiger partial charge is 0.255 e. The van der Waals surface area contributed by atoms with Crippen LogP contribution < -0.4 is 5.32 Å². The Labute approximate surface area is 159 Å². The zero-order valence-corrected chi connectivity index (χ0v) is 15.6. The Balaban J connectivity index is 1.42. The van der Waals surface area contributed by atoms with Crippen molar-refractivity contribution in [1.29, 1.82) is 0 Å². The number of pyridine rings is 1. The van der Waals surface area contributed by atoms with Crippen LogP contribution in [0.3, 0.4) is 0 Å². The third kappa shape index (κ3) is 4.24. The van der Waals surface area contributed by atoms with Crippen molar-refractivity contribution in [2.24, 2.45) is 17.8 Å². The van der Waals surface area contributed by atoms with Crippen molar-refractivity contribution in [3.05, 3.63) is 24.0 Å². The number of fused-ring (bicyclic) bond motifs is 1. The molecule has 2 aliphatic carbocycles. The Morgan fingerprint density at radius 2 is 2.00 bits per heavy atom. The predicted octanol–water partition coefficient (Wildman–Crippen LogP) is 1.57. The first-order valence-corrected chi connectivity index (χ1v) is 9.81. The highest BCUT2D eigenvalue weighted by Gasteiger charge is 2.44. The molecule has 1 aromatic heterocycles. The van der Waals surface area contributed by atoms with Gasteiger partial charge in [-0.2, -0.15) is 0 Å². The lowest BCUT2D eigenvalue weighted by atomic mass is 9.77. The van der Waals surface area contributed by atoms with Gasteiger partial charge >= 0.3 is 0 Å². The Bertz CT molecular complexity index is 721. The standard InChI is InChI=1S/C20H27N3O4/c1-12(24)22-18-5-15-9-23(20(26)14-4-17(25)8-21-7-14)10-16(15)6-19(18)27-11-13-2-3-13/h4,7-8,13,15-16,18-19,25H,2-3,5-6,9-11H2,1H3,(H,22,24)/t15-,16+,18-,19-/m1/s1. The fourth-order valence-electron chi connectivity index (χ4n) is 4.45. The summed E-state index contributed by atoms with van der Waals surface area (Å²) < 4.78 is 6.16. The molecule has 0 spiro atoms. The van der Waals surface area contributed by atoms with Crippen LogP contribution in [0.15, 0.2) is 18.5 Å². The second-order valence-electron chi connectivity index (χ2n) is 8.26. The van der Waals surface area contributed by atoms with Gasteiger partial charge in [0.05, 0.1) is 23.9 Å². The van der Waals surface area contributed by atoms with Gasteiger partial charge in [0, 0.05) is 32.8 Å². The molecule has 27 heavy (non-hydrogen) atoms. The average Bonchev–Trinajstić information content (AvgIpc) is 3.37. The molecule has 2 heterocycles. The normalized spacial score (nSPS) is 30.0. The maximum absolute atomic E-state index is 12.8. The van der Waals surface area contributed by atoms with Crippen LogP contribution in [0.5, 0.6) is 5.75 Å². The van der Waals surface area contributed by atoms with E-state index in [-0.39, 0.29) is 29.7 Å². The molecule has 1 saturated heterocycles. The van der Waals surface area contributed by atoms with Gasteiger partial charge in [-0.3, -0.25) is 14.6 Å². The molecule has 3 aliphatic rings. The van der Waals surface area contributed by atoms with E-state index in [4.69, 9.17) is 4.74 Å². The number of nitrogens with one attached hydrogen (secondary N) is 1. The maximum atomic E-state index is 12.8. The highest BCUT2D eigenvalue weighted by molar-refractivity contribution is 5.94. The summed E-state index contributed by atoms with van der Waals surface area (Å²) in [6, 6.07) is 1.47. The lowest BCUT2D eigenvalue weighted by Gasteiger charge is -2.38. The van der Waals surface area contributed by atoms with Crippen LogP contribution in [-0.4, -0.2) is 58.6 Å². The van der Waals surface area contributed by atoms with Gasteiger partial charge in [0.2, 0.25) is 5.91 Å². The summed E-state index contributed by atoms with van der Waals surface area (Å²) in [5.74, 6) is 1.29. The number of carbonyl (C=O) groups is 2. The number of nitrogens with zero attached hydrogens (tertiary/aromatic N) is 2. The molecule has 2 saturated carbocycles. The minimum absolute atomic E-state index is 0.00303. The lowest BCUT2D eigenvalue weighted by molar-refractivity contribution is -0.122. The molecule has 4 atom stereocenters. The Morgan fingerprint density at radius 3 is 2.67 bits per heavy atom. The molecule has 0 aromatic carbocycles. The summed E-state index contributed by atoms with van der Waals surface area (Å²) in [6.07, 6.45) is 7.01. The van der Waals surface area contributed by atoms with E-state index in [2.05, 4.69) is 10.3 Å². The first-order valence-electron chi connectivity index (χ1n) is 9.81. The molecule has 0 unspecified atom stereocenters. The summed E-state index contributed by atoms with van der Waals surface area (Å²) in [7, 11) is 0. The molecule has 7 nitrogen and oxygen atoms in total. The average molecular weight is 373 g/mol. The topological polar surface area (TPSA) is 91.8 Å². The van der Waals surface area contributed by atoms with Gasteiger partial charge in [0.25, 0.3) is 5.91 Å². The van der Waals surface area contributed by atoms with Crippen molar-refractivity contribution >= 4 is 11.8 Å². The second kappa shape index (κ2) is 7.46. The van der Waals surface area contributed by atoms with Crippen LogP contribution in [0.2, 0.25) is 0 Å². The number of hydrogen-bond acceptors (Lipinski definition) is 5. The summed E-state index contributed by atoms with van der Waals surface area (Å²) in [5.41, 5.74) is 0.411. The quantitative estimate of drug-likeness (QED) is 0.817. The van der Waals surface area contributed by atoms with Crippen molar-refractivity contribution in [2.75, 3.05) is 19.7 Å². The fraction of sp³-hybridized carbons (Fsp3) is 0.650. The number of amides is 2. The molecule has 1 aliphatic heterocycles. The van der Waals surface area contributed by atoms with E-state index in [0.29, 0.717) is 36.4 Å². The third-order valence-electron chi connectivity index (χ3n) is 6.01.